The maximum Gasteiger partial charge on any atom is 0.254 e. The molecule has 2 rings (SSSR count). The molecule has 0 aliphatic rings. The Morgan fingerprint density at radius 2 is 1.81 bits per heavy atom. The fourth-order valence-corrected chi connectivity index (χ4v) is 2.19. The molecule has 0 aromatic heterocycles. The maximum atomic E-state index is 13.8. The summed E-state index contributed by atoms with van der Waals surface area (Å²) in [6, 6.07) is 9.53. The molecule has 1 N–H and O–H groups in total. The fourth-order valence-electron chi connectivity index (χ4n) is 2.19. The van der Waals surface area contributed by atoms with Gasteiger partial charge in [0.05, 0.1) is 6.54 Å². The zero-order valence-electron chi connectivity index (χ0n) is 12.0. The zero-order valence-corrected chi connectivity index (χ0v) is 12.0. The van der Waals surface area contributed by atoms with Gasteiger partial charge in [0, 0.05) is 24.5 Å². The molecule has 110 valence electrons. The Morgan fingerprint density at radius 1 is 1.14 bits per heavy atom. The van der Waals surface area contributed by atoms with Crippen molar-refractivity contribution in [3.8, 4) is 0 Å². The molecule has 0 bridgehead atoms. The van der Waals surface area contributed by atoms with Crippen molar-refractivity contribution < 1.29 is 14.0 Å². The number of amides is 2. The van der Waals surface area contributed by atoms with Gasteiger partial charge in [-0.1, -0.05) is 24.3 Å². The largest absolute Gasteiger partial charge is 0.355 e. The lowest BCUT2D eigenvalue weighted by Gasteiger charge is -2.17. The van der Waals surface area contributed by atoms with Crippen LogP contribution in [0.4, 0.5) is 4.39 Å². The number of rotatable bonds is 4. The Morgan fingerprint density at radius 3 is 2.48 bits per heavy atom. The Hall–Kier alpha value is -2.43. The standard InChI is InChI=1S/C16H17FN2O2/c1-3-18-15(20)10-19(2)16(21)13-8-9-14(17)12-7-5-4-6-11(12)13/h4-9H,3,10H2,1-2H3,(H,18,20). The lowest BCUT2D eigenvalue weighted by molar-refractivity contribution is -0.121. The summed E-state index contributed by atoms with van der Waals surface area (Å²) >= 11 is 0. The van der Waals surface area contributed by atoms with Gasteiger partial charge in [0.1, 0.15) is 5.82 Å². The van der Waals surface area contributed by atoms with Crippen LogP contribution in [0.5, 0.6) is 0 Å². The molecule has 2 aromatic rings. The van der Waals surface area contributed by atoms with Crippen LogP contribution in [0.3, 0.4) is 0 Å². The lowest BCUT2D eigenvalue weighted by atomic mass is 10.0. The normalized spacial score (nSPS) is 10.4. The summed E-state index contributed by atoms with van der Waals surface area (Å²) in [5.74, 6) is -0.897. The number of fused-ring (bicyclic) bond motifs is 1. The number of likely N-dealkylation sites (N-methyl/N-ethyl adjacent to an activating group) is 2. The van der Waals surface area contributed by atoms with Gasteiger partial charge >= 0.3 is 0 Å². The quantitative estimate of drug-likeness (QED) is 0.937. The molecule has 0 spiro atoms. The Bertz CT molecular complexity index is 685. The monoisotopic (exact) mass is 288 g/mol. The molecule has 0 heterocycles. The lowest BCUT2D eigenvalue weighted by Crippen LogP contribution is -2.38. The molecular formula is C16H17FN2O2. The van der Waals surface area contributed by atoms with Crippen molar-refractivity contribution in [3.63, 3.8) is 0 Å². The number of nitrogens with zero attached hydrogens (tertiary/aromatic N) is 1. The maximum absolute atomic E-state index is 13.8. The van der Waals surface area contributed by atoms with Gasteiger partial charge in [0.25, 0.3) is 5.91 Å². The van der Waals surface area contributed by atoms with Crippen molar-refractivity contribution >= 4 is 22.6 Å². The number of hydrogen-bond donors (Lipinski definition) is 1. The molecule has 0 saturated carbocycles. The summed E-state index contributed by atoms with van der Waals surface area (Å²) in [7, 11) is 1.55. The Kier molecular flexibility index (Phi) is 4.52. The highest BCUT2D eigenvalue weighted by molar-refractivity contribution is 6.07. The fraction of sp³-hybridized carbons (Fsp3) is 0.250. The van der Waals surface area contributed by atoms with Crippen molar-refractivity contribution in [2.45, 2.75) is 6.92 Å². The molecule has 0 saturated heterocycles. The van der Waals surface area contributed by atoms with Gasteiger partial charge in [0.15, 0.2) is 0 Å². The van der Waals surface area contributed by atoms with Crippen molar-refractivity contribution in [1.29, 1.82) is 0 Å². The number of nitrogens with one attached hydrogen (secondary N) is 1. The molecule has 2 amide bonds. The smallest absolute Gasteiger partial charge is 0.254 e. The van der Waals surface area contributed by atoms with Gasteiger partial charge in [0.2, 0.25) is 5.91 Å². The van der Waals surface area contributed by atoms with Crippen LogP contribution in [0.1, 0.15) is 17.3 Å². The van der Waals surface area contributed by atoms with E-state index >= 15 is 0 Å². The number of carbonyl (C=O) groups excluding carboxylic acids is 2. The van der Waals surface area contributed by atoms with E-state index in [1.165, 1.54) is 17.0 Å². The number of carbonyl (C=O) groups is 2. The third kappa shape index (κ3) is 3.18. The van der Waals surface area contributed by atoms with E-state index in [0.717, 1.165) is 0 Å². The third-order valence-corrected chi connectivity index (χ3v) is 3.20. The summed E-state index contributed by atoms with van der Waals surface area (Å²) in [6.45, 7) is 2.30. The van der Waals surface area contributed by atoms with Gasteiger partial charge < -0.3 is 10.2 Å². The summed E-state index contributed by atoms with van der Waals surface area (Å²) in [5, 5.41) is 3.58. The molecular weight excluding hydrogens is 271 g/mol. The first-order valence-corrected chi connectivity index (χ1v) is 6.74. The summed E-state index contributed by atoms with van der Waals surface area (Å²) < 4.78 is 13.8. The van der Waals surface area contributed by atoms with Gasteiger partial charge in [-0.2, -0.15) is 0 Å². The minimum atomic E-state index is -0.367. The van der Waals surface area contributed by atoms with Crippen molar-refractivity contribution in [3.05, 3.63) is 47.8 Å². The van der Waals surface area contributed by atoms with E-state index in [0.29, 0.717) is 22.9 Å². The third-order valence-electron chi connectivity index (χ3n) is 3.20. The molecule has 5 heteroatoms. The first-order chi connectivity index (χ1) is 10.0. The molecule has 0 unspecified atom stereocenters. The van der Waals surface area contributed by atoms with E-state index in [9.17, 15) is 14.0 Å². The van der Waals surface area contributed by atoms with Crippen LogP contribution in [0.15, 0.2) is 36.4 Å². The SMILES string of the molecule is CCNC(=O)CN(C)C(=O)c1ccc(F)c2ccccc12. The van der Waals surface area contributed by atoms with Crippen molar-refractivity contribution in [2.24, 2.45) is 0 Å². The van der Waals surface area contributed by atoms with Crippen molar-refractivity contribution in [1.82, 2.24) is 10.2 Å². The predicted octanol–water partition coefficient (Wildman–Crippen LogP) is 2.19. The first-order valence-electron chi connectivity index (χ1n) is 6.74. The van der Waals surface area contributed by atoms with Crippen LogP contribution in [-0.4, -0.2) is 36.9 Å². The number of halogens is 1. The molecule has 0 fully saturated rings. The van der Waals surface area contributed by atoms with Crippen LogP contribution in [-0.2, 0) is 4.79 Å². The van der Waals surface area contributed by atoms with E-state index in [4.69, 9.17) is 0 Å². The van der Waals surface area contributed by atoms with Gasteiger partial charge in [-0.25, -0.2) is 4.39 Å². The second kappa shape index (κ2) is 6.35. The van der Waals surface area contributed by atoms with Crippen molar-refractivity contribution in [2.75, 3.05) is 20.1 Å². The average molecular weight is 288 g/mol. The number of hydrogen-bond acceptors (Lipinski definition) is 2. The number of benzene rings is 2. The Balaban J connectivity index is 2.31. The molecule has 0 radical (unpaired) electrons. The first kappa shape index (κ1) is 15.0. The van der Waals surface area contributed by atoms with E-state index in [-0.39, 0.29) is 24.2 Å². The second-order valence-corrected chi connectivity index (χ2v) is 4.76. The zero-order chi connectivity index (χ0) is 15.4. The Labute approximate surface area is 122 Å². The highest BCUT2D eigenvalue weighted by Crippen LogP contribution is 2.22. The minimum absolute atomic E-state index is 0.0294. The molecule has 2 aromatic carbocycles. The molecule has 4 nitrogen and oxygen atoms in total. The summed E-state index contributed by atoms with van der Waals surface area (Å²) in [5.41, 5.74) is 0.388. The topological polar surface area (TPSA) is 49.4 Å². The van der Waals surface area contributed by atoms with Crippen LogP contribution in [0.25, 0.3) is 10.8 Å². The average Bonchev–Trinajstić information content (AvgIpc) is 2.47. The minimum Gasteiger partial charge on any atom is -0.355 e. The van der Waals surface area contributed by atoms with E-state index < -0.39 is 0 Å². The van der Waals surface area contributed by atoms with E-state index in [1.54, 1.807) is 31.3 Å². The molecule has 0 aliphatic carbocycles. The van der Waals surface area contributed by atoms with E-state index in [2.05, 4.69) is 5.32 Å². The summed E-state index contributed by atoms with van der Waals surface area (Å²) in [4.78, 5) is 25.3. The van der Waals surface area contributed by atoms with E-state index in [1.807, 2.05) is 6.92 Å². The molecule has 0 aliphatic heterocycles. The van der Waals surface area contributed by atoms with Crippen LogP contribution in [0.2, 0.25) is 0 Å². The molecule has 0 atom stereocenters. The van der Waals surface area contributed by atoms with Crippen LogP contribution in [0, 0.1) is 5.82 Å². The highest BCUT2D eigenvalue weighted by Gasteiger charge is 2.17. The highest BCUT2D eigenvalue weighted by atomic mass is 19.1. The summed E-state index contributed by atoms with van der Waals surface area (Å²) in [6.07, 6.45) is 0. The predicted molar refractivity (Wildman–Crippen MR) is 79.6 cm³/mol. The van der Waals surface area contributed by atoms with Crippen LogP contribution >= 0.6 is 0 Å². The van der Waals surface area contributed by atoms with Gasteiger partial charge in [-0.15, -0.1) is 0 Å². The van der Waals surface area contributed by atoms with Gasteiger partial charge in [-0.05, 0) is 24.4 Å². The molecule has 21 heavy (non-hydrogen) atoms. The van der Waals surface area contributed by atoms with Crippen LogP contribution < -0.4 is 5.32 Å². The second-order valence-electron chi connectivity index (χ2n) is 4.76. The van der Waals surface area contributed by atoms with Gasteiger partial charge in [-0.3, -0.25) is 9.59 Å².